The molecule has 2 rings (SSSR count). The Morgan fingerprint density at radius 1 is 1.43 bits per heavy atom. The maximum absolute atomic E-state index is 12.7. The monoisotopic (exact) mass is 193 g/mol. The molecule has 0 aliphatic heterocycles. The summed E-state index contributed by atoms with van der Waals surface area (Å²) in [6, 6.07) is 5.19. The highest BCUT2D eigenvalue weighted by atomic mass is 19.1. The van der Waals surface area contributed by atoms with Crippen molar-refractivity contribution in [3.05, 3.63) is 36.4 Å². The van der Waals surface area contributed by atoms with E-state index in [1.807, 2.05) is 0 Å². The van der Waals surface area contributed by atoms with Gasteiger partial charge in [0.2, 0.25) is 5.88 Å². The van der Waals surface area contributed by atoms with Gasteiger partial charge in [0.15, 0.2) is 11.6 Å². The molecule has 14 heavy (non-hydrogen) atoms. The predicted molar refractivity (Wildman–Crippen MR) is 47.9 cm³/mol. The number of halogens is 1. The van der Waals surface area contributed by atoms with E-state index in [-0.39, 0.29) is 0 Å². The van der Waals surface area contributed by atoms with E-state index in [1.165, 1.54) is 18.0 Å². The molecule has 2 aromatic rings. The van der Waals surface area contributed by atoms with E-state index in [9.17, 15) is 4.39 Å². The number of pyridine rings is 1. The SMILES string of the molecule is COc1cccc(-n2cc(F)cn2)n1. The van der Waals surface area contributed by atoms with Crippen LogP contribution in [0.2, 0.25) is 0 Å². The molecule has 2 aromatic heterocycles. The molecule has 0 saturated heterocycles. The molecule has 2 heterocycles. The van der Waals surface area contributed by atoms with Crippen molar-refractivity contribution in [2.24, 2.45) is 0 Å². The molecule has 0 radical (unpaired) electrons. The quantitative estimate of drug-likeness (QED) is 0.724. The summed E-state index contributed by atoms with van der Waals surface area (Å²) in [6.07, 6.45) is 2.38. The molecule has 0 fully saturated rings. The third-order valence-electron chi connectivity index (χ3n) is 1.70. The molecule has 72 valence electrons. The lowest BCUT2D eigenvalue weighted by Crippen LogP contribution is -1.98. The van der Waals surface area contributed by atoms with Gasteiger partial charge in [-0.25, -0.2) is 9.07 Å². The second kappa shape index (κ2) is 3.45. The molecule has 5 heteroatoms. The van der Waals surface area contributed by atoms with E-state index in [0.717, 1.165) is 6.20 Å². The fraction of sp³-hybridized carbons (Fsp3) is 0.111. The standard InChI is InChI=1S/C9H8FN3O/c1-14-9-4-2-3-8(12-9)13-6-7(10)5-11-13/h2-6H,1H3. The molecule has 0 aliphatic carbocycles. The molecule has 0 aromatic carbocycles. The van der Waals surface area contributed by atoms with Crippen molar-refractivity contribution >= 4 is 0 Å². The van der Waals surface area contributed by atoms with Gasteiger partial charge in [-0.2, -0.15) is 10.1 Å². The number of hydrogen-bond donors (Lipinski definition) is 0. The molecule has 0 atom stereocenters. The van der Waals surface area contributed by atoms with Gasteiger partial charge in [-0.05, 0) is 6.07 Å². The first kappa shape index (κ1) is 8.68. The lowest BCUT2D eigenvalue weighted by Gasteiger charge is -2.01. The molecule has 0 bridgehead atoms. The van der Waals surface area contributed by atoms with Gasteiger partial charge in [0, 0.05) is 6.07 Å². The number of methoxy groups -OCH3 is 1. The number of aromatic nitrogens is 3. The molecular formula is C9H8FN3O. The average molecular weight is 193 g/mol. The Morgan fingerprint density at radius 3 is 2.93 bits per heavy atom. The zero-order valence-corrected chi connectivity index (χ0v) is 7.51. The lowest BCUT2D eigenvalue weighted by atomic mass is 10.4. The summed E-state index contributed by atoms with van der Waals surface area (Å²) >= 11 is 0. The van der Waals surface area contributed by atoms with E-state index in [0.29, 0.717) is 11.7 Å². The Balaban J connectivity index is 2.41. The van der Waals surface area contributed by atoms with E-state index in [1.54, 1.807) is 18.2 Å². The van der Waals surface area contributed by atoms with Gasteiger partial charge in [-0.15, -0.1) is 0 Å². The molecule has 0 unspecified atom stereocenters. The van der Waals surface area contributed by atoms with Crippen LogP contribution in [0, 0.1) is 5.82 Å². The van der Waals surface area contributed by atoms with Crippen LogP contribution in [0.1, 0.15) is 0 Å². The minimum atomic E-state index is -0.394. The highest BCUT2D eigenvalue weighted by Gasteiger charge is 2.02. The second-order valence-corrected chi connectivity index (χ2v) is 2.64. The minimum Gasteiger partial charge on any atom is -0.481 e. The Kier molecular flexibility index (Phi) is 2.14. The molecule has 0 aliphatic rings. The Bertz CT molecular complexity index is 441. The zero-order chi connectivity index (χ0) is 9.97. The summed E-state index contributed by atoms with van der Waals surface area (Å²) in [5.41, 5.74) is 0. The third kappa shape index (κ3) is 1.56. The van der Waals surface area contributed by atoms with Crippen molar-refractivity contribution < 1.29 is 9.13 Å². The van der Waals surface area contributed by atoms with Gasteiger partial charge in [-0.1, -0.05) is 6.07 Å². The van der Waals surface area contributed by atoms with Crippen molar-refractivity contribution in [1.82, 2.24) is 14.8 Å². The normalized spacial score (nSPS) is 10.1. The van der Waals surface area contributed by atoms with Gasteiger partial charge in [0.25, 0.3) is 0 Å². The number of ether oxygens (including phenoxy) is 1. The van der Waals surface area contributed by atoms with Crippen LogP contribution in [0.4, 0.5) is 4.39 Å². The van der Waals surface area contributed by atoms with Crippen LogP contribution in [0.15, 0.2) is 30.6 Å². The van der Waals surface area contributed by atoms with E-state index in [2.05, 4.69) is 10.1 Å². The Labute approximate surface area is 80.0 Å². The van der Waals surface area contributed by atoms with Crippen molar-refractivity contribution in [1.29, 1.82) is 0 Å². The predicted octanol–water partition coefficient (Wildman–Crippen LogP) is 1.41. The van der Waals surface area contributed by atoms with Crippen LogP contribution in [0.3, 0.4) is 0 Å². The van der Waals surface area contributed by atoms with Crippen molar-refractivity contribution in [2.75, 3.05) is 7.11 Å². The van der Waals surface area contributed by atoms with E-state index >= 15 is 0 Å². The molecule has 0 spiro atoms. The number of nitrogens with zero attached hydrogens (tertiary/aromatic N) is 3. The van der Waals surface area contributed by atoms with Crippen molar-refractivity contribution in [3.63, 3.8) is 0 Å². The second-order valence-electron chi connectivity index (χ2n) is 2.64. The lowest BCUT2D eigenvalue weighted by molar-refractivity contribution is 0.397. The van der Waals surface area contributed by atoms with Crippen LogP contribution < -0.4 is 4.74 Å². The molecule has 4 nitrogen and oxygen atoms in total. The maximum Gasteiger partial charge on any atom is 0.214 e. The maximum atomic E-state index is 12.7. The highest BCUT2D eigenvalue weighted by Crippen LogP contribution is 2.10. The van der Waals surface area contributed by atoms with Gasteiger partial charge >= 0.3 is 0 Å². The Morgan fingerprint density at radius 2 is 2.29 bits per heavy atom. The summed E-state index contributed by atoms with van der Waals surface area (Å²) in [6.45, 7) is 0. The van der Waals surface area contributed by atoms with Crippen LogP contribution in [-0.4, -0.2) is 21.9 Å². The first-order valence-corrected chi connectivity index (χ1v) is 4.01. The summed E-state index contributed by atoms with van der Waals surface area (Å²) in [5, 5.41) is 3.79. The third-order valence-corrected chi connectivity index (χ3v) is 1.70. The fourth-order valence-electron chi connectivity index (χ4n) is 1.07. The summed E-state index contributed by atoms with van der Waals surface area (Å²) in [4.78, 5) is 4.09. The van der Waals surface area contributed by atoms with E-state index in [4.69, 9.17) is 4.74 Å². The Hall–Kier alpha value is -1.91. The van der Waals surface area contributed by atoms with Crippen molar-refractivity contribution in [2.45, 2.75) is 0 Å². The molecule has 0 amide bonds. The number of hydrogen-bond acceptors (Lipinski definition) is 3. The highest BCUT2D eigenvalue weighted by molar-refractivity contribution is 5.26. The largest absolute Gasteiger partial charge is 0.481 e. The van der Waals surface area contributed by atoms with E-state index < -0.39 is 5.82 Å². The summed E-state index contributed by atoms with van der Waals surface area (Å²) in [7, 11) is 1.52. The molecular weight excluding hydrogens is 185 g/mol. The minimum absolute atomic E-state index is 0.394. The first-order valence-electron chi connectivity index (χ1n) is 4.01. The summed E-state index contributed by atoms with van der Waals surface area (Å²) in [5.74, 6) is 0.598. The van der Waals surface area contributed by atoms with Crippen molar-refractivity contribution in [3.8, 4) is 11.7 Å². The van der Waals surface area contributed by atoms with Gasteiger partial charge in [0.1, 0.15) is 0 Å². The summed E-state index contributed by atoms with van der Waals surface area (Å²) < 4.78 is 18.9. The van der Waals surface area contributed by atoms with Gasteiger partial charge < -0.3 is 4.74 Å². The van der Waals surface area contributed by atoms with Crippen LogP contribution in [-0.2, 0) is 0 Å². The van der Waals surface area contributed by atoms with Crippen LogP contribution >= 0.6 is 0 Å². The van der Waals surface area contributed by atoms with Crippen LogP contribution in [0.5, 0.6) is 5.88 Å². The fourth-order valence-corrected chi connectivity index (χ4v) is 1.07. The van der Waals surface area contributed by atoms with Crippen LogP contribution in [0.25, 0.3) is 5.82 Å². The molecule has 0 saturated carbocycles. The number of rotatable bonds is 2. The zero-order valence-electron chi connectivity index (χ0n) is 7.51. The van der Waals surface area contributed by atoms with Gasteiger partial charge in [0.05, 0.1) is 19.5 Å². The van der Waals surface area contributed by atoms with Gasteiger partial charge in [-0.3, -0.25) is 0 Å². The smallest absolute Gasteiger partial charge is 0.214 e. The first-order chi connectivity index (χ1) is 6.79. The molecule has 0 N–H and O–H groups in total. The average Bonchev–Trinajstić information content (AvgIpc) is 2.65. The topological polar surface area (TPSA) is 39.9 Å².